The summed E-state index contributed by atoms with van der Waals surface area (Å²) in [7, 11) is 0. The molecule has 2 nitrogen and oxygen atoms in total. The molecule has 0 heterocycles. The molecule has 1 aliphatic rings. The molecule has 4 heteroatoms. The minimum Gasteiger partial charge on any atom is -0.481 e. The van der Waals surface area contributed by atoms with Gasteiger partial charge in [-0.1, -0.05) is 0 Å². The number of rotatable bonds is 4. The Morgan fingerprint density at radius 1 is 1.36 bits per heavy atom. The van der Waals surface area contributed by atoms with Gasteiger partial charge in [-0.25, -0.2) is 8.78 Å². The molecule has 0 aromatic heterocycles. The molecule has 1 saturated carbocycles. The second-order valence-electron chi connectivity index (χ2n) is 4.09. The molecule has 0 radical (unpaired) electrons. The minimum absolute atomic E-state index is 0.0231. The van der Waals surface area contributed by atoms with Crippen molar-refractivity contribution in [2.24, 2.45) is 5.92 Å². The van der Waals surface area contributed by atoms with Crippen LogP contribution in [0.1, 0.15) is 44.9 Å². The molecule has 1 rings (SSSR count). The van der Waals surface area contributed by atoms with Gasteiger partial charge in [0.15, 0.2) is 0 Å². The van der Waals surface area contributed by atoms with Crippen molar-refractivity contribution in [2.45, 2.75) is 50.9 Å². The van der Waals surface area contributed by atoms with Crippen LogP contribution in [0.5, 0.6) is 0 Å². The van der Waals surface area contributed by atoms with Gasteiger partial charge in [0.05, 0.1) is 0 Å². The first-order chi connectivity index (χ1) is 6.49. The maximum absolute atomic E-state index is 12.7. The largest absolute Gasteiger partial charge is 0.481 e. The van der Waals surface area contributed by atoms with Crippen LogP contribution in [-0.2, 0) is 4.79 Å². The minimum atomic E-state index is -2.47. The Hall–Kier alpha value is -0.670. The molecular formula is C10H16F2O2. The van der Waals surface area contributed by atoms with Crippen LogP contribution >= 0.6 is 0 Å². The summed E-state index contributed by atoms with van der Waals surface area (Å²) in [5.74, 6) is -2.95. The number of carbonyl (C=O) groups is 1. The van der Waals surface area contributed by atoms with Crippen molar-refractivity contribution in [2.75, 3.05) is 0 Å². The molecule has 14 heavy (non-hydrogen) atoms. The summed E-state index contributed by atoms with van der Waals surface area (Å²) < 4.78 is 25.5. The van der Waals surface area contributed by atoms with Gasteiger partial charge < -0.3 is 5.11 Å². The first kappa shape index (κ1) is 11.4. The molecule has 1 N–H and O–H groups in total. The number of alkyl halides is 2. The van der Waals surface area contributed by atoms with Gasteiger partial charge >= 0.3 is 5.97 Å². The number of hydrogen-bond donors (Lipinski definition) is 1. The Kier molecular flexibility index (Phi) is 3.84. The molecule has 0 aromatic rings. The Morgan fingerprint density at radius 3 is 2.43 bits per heavy atom. The first-order valence-corrected chi connectivity index (χ1v) is 5.09. The third-order valence-electron chi connectivity index (χ3n) is 2.84. The van der Waals surface area contributed by atoms with Crippen LogP contribution in [0.15, 0.2) is 0 Å². The van der Waals surface area contributed by atoms with Crippen LogP contribution in [0, 0.1) is 5.92 Å². The van der Waals surface area contributed by atoms with Gasteiger partial charge in [0.25, 0.3) is 0 Å². The van der Waals surface area contributed by atoms with Crippen LogP contribution in [0.3, 0.4) is 0 Å². The number of hydrogen-bond acceptors (Lipinski definition) is 1. The highest BCUT2D eigenvalue weighted by Gasteiger charge is 2.34. The van der Waals surface area contributed by atoms with Crippen molar-refractivity contribution < 1.29 is 18.7 Å². The normalized spacial score (nSPS) is 22.1. The average molecular weight is 206 g/mol. The fraction of sp³-hybridized carbons (Fsp3) is 0.900. The zero-order valence-electron chi connectivity index (χ0n) is 8.14. The third kappa shape index (κ3) is 4.03. The Balaban J connectivity index is 2.13. The molecule has 0 aliphatic heterocycles. The SMILES string of the molecule is O=C(O)CCCC1CCC(F)(F)CC1. The van der Waals surface area contributed by atoms with Gasteiger partial charge in [-0.05, 0) is 31.6 Å². The van der Waals surface area contributed by atoms with Crippen LogP contribution in [0.2, 0.25) is 0 Å². The quantitative estimate of drug-likeness (QED) is 0.767. The lowest BCUT2D eigenvalue weighted by Crippen LogP contribution is -2.24. The molecule has 0 atom stereocenters. The topological polar surface area (TPSA) is 37.3 Å². The molecule has 0 unspecified atom stereocenters. The van der Waals surface area contributed by atoms with E-state index in [4.69, 9.17) is 5.11 Å². The van der Waals surface area contributed by atoms with Gasteiger partial charge in [-0.2, -0.15) is 0 Å². The van der Waals surface area contributed by atoms with Gasteiger partial charge in [-0.3, -0.25) is 4.79 Å². The van der Waals surface area contributed by atoms with Crippen LogP contribution in [0.4, 0.5) is 8.78 Å². The maximum Gasteiger partial charge on any atom is 0.303 e. The van der Waals surface area contributed by atoms with Gasteiger partial charge in [0, 0.05) is 19.3 Å². The van der Waals surface area contributed by atoms with Gasteiger partial charge in [0.2, 0.25) is 5.92 Å². The fourth-order valence-electron chi connectivity index (χ4n) is 1.93. The predicted molar refractivity (Wildman–Crippen MR) is 48.4 cm³/mol. The third-order valence-corrected chi connectivity index (χ3v) is 2.84. The summed E-state index contributed by atoms with van der Waals surface area (Å²) in [5.41, 5.74) is 0. The van der Waals surface area contributed by atoms with Gasteiger partial charge in [-0.15, -0.1) is 0 Å². The summed E-state index contributed by atoms with van der Waals surface area (Å²) in [4.78, 5) is 10.2. The summed E-state index contributed by atoms with van der Waals surface area (Å²) >= 11 is 0. The zero-order valence-corrected chi connectivity index (χ0v) is 8.14. The smallest absolute Gasteiger partial charge is 0.303 e. The van der Waals surface area contributed by atoms with E-state index in [-0.39, 0.29) is 19.3 Å². The van der Waals surface area contributed by atoms with Crippen molar-refractivity contribution in [1.29, 1.82) is 0 Å². The molecule has 0 bridgehead atoms. The fourth-order valence-corrected chi connectivity index (χ4v) is 1.93. The molecule has 0 saturated heterocycles. The molecule has 1 aliphatic carbocycles. The highest BCUT2D eigenvalue weighted by Crippen LogP contribution is 2.37. The molecule has 1 fully saturated rings. The van der Waals surface area contributed by atoms with Crippen LogP contribution < -0.4 is 0 Å². The maximum atomic E-state index is 12.7. The van der Waals surface area contributed by atoms with E-state index in [0.29, 0.717) is 25.2 Å². The van der Waals surface area contributed by atoms with E-state index in [1.807, 2.05) is 0 Å². The van der Waals surface area contributed by atoms with Crippen molar-refractivity contribution in [3.63, 3.8) is 0 Å². The average Bonchev–Trinajstić information content (AvgIpc) is 2.07. The molecule has 0 amide bonds. The number of halogens is 2. The number of aliphatic carboxylic acids is 1. The molecule has 0 aromatic carbocycles. The Labute approximate surface area is 82.3 Å². The summed E-state index contributed by atoms with van der Waals surface area (Å²) in [5, 5.41) is 8.41. The summed E-state index contributed by atoms with van der Waals surface area (Å²) in [6.45, 7) is 0. The van der Waals surface area contributed by atoms with E-state index in [0.717, 1.165) is 6.42 Å². The van der Waals surface area contributed by atoms with Crippen molar-refractivity contribution in [3.05, 3.63) is 0 Å². The summed E-state index contributed by atoms with van der Waals surface area (Å²) in [6.07, 6.45) is 2.61. The Bertz CT molecular complexity index is 194. The predicted octanol–water partition coefficient (Wildman–Crippen LogP) is 3.07. The van der Waals surface area contributed by atoms with Crippen LogP contribution in [0.25, 0.3) is 0 Å². The Morgan fingerprint density at radius 2 is 1.93 bits per heavy atom. The standard InChI is InChI=1S/C10H16F2O2/c11-10(12)6-4-8(5-7-10)2-1-3-9(13)14/h8H,1-7H2,(H,13,14). The second-order valence-corrected chi connectivity index (χ2v) is 4.09. The lowest BCUT2D eigenvalue weighted by Gasteiger charge is -2.27. The van der Waals surface area contributed by atoms with Gasteiger partial charge in [0.1, 0.15) is 0 Å². The van der Waals surface area contributed by atoms with E-state index in [9.17, 15) is 13.6 Å². The van der Waals surface area contributed by atoms with Crippen LogP contribution in [-0.4, -0.2) is 17.0 Å². The molecular weight excluding hydrogens is 190 g/mol. The first-order valence-electron chi connectivity index (χ1n) is 5.09. The second kappa shape index (κ2) is 4.71. The van der Waals surface area contributed by atoms with E-state index in [1.54, 1.807) is 0 Å². The lowest BCUT2D eigenvalue weighted by molar-refractivity contribution is -0.137. The van der Waals surface area contributed by atoms with E-state index >= 15 is 0 Å². The summed E-state index contributed by atoms with van der Waals surface area (Å²) in [6, 6.07) is 0. The number of carboxylic acid groups (broad SMARTS) is 1. The number of carboxylic acids is 1. The van der Waals surface area contributed by atoms with Crippen molar-refractivity contribution in [3.8, 4) is 0 Å². The van der Waals surface area contributed by atoms with Crippen molar-refractivity contribution >= 4 is 5.97 Å². The zero-order chi connectivity index (χ0) is 10.6. The van der Waals surface area contributed by atoms with E-state index in [2.05, 4.69) is 0 Å². The highest BCUT2D eigenvalue weighted by molar-refractivity contribution is 5.66. The van der Waals surface area contributed by atoms with E-state index < -0.39 is 11.9 Å². The van der Waals surface area contributed by atoms with Crippen molar-refractivity contribution in [1.82, 2.24) is 0 Å². The monoisotopic (exact) mass is 206 g/mol. The highest BCUT2D eigenvalue weighted by atomic mass is 19.3. The van der Waals surface area contributed by atoms with E-state index in [1.165, 1.54) is 0 Å². The molecule has 82 valence electrons. The molecule has 0 spiro atoms. The lowest BCUT2D eigenvalue weighted by atomic mass is 9.84.